The molecule has 0 saturated carbocycles. The van der Waals surface area contributed by atoms with Gasteiger partial charge in [0.15, 0.2) is 0 Å². The summed E-state index contributed by atoms with van der Waals surface area (Å²) < 4.78 is 5.03. The van der Waals surface area contributed by atoms with Crippen molar-refractivity contribution in [2.75, 3.05) is 0 Å². The molecule has 0 amide bonds. The summed E-state index contributed by atoms with van der Waals surface area (Å²) in [5.74, 6) is 0.990. The van der Waals surface area contributed by atoms with Crippen molar-refractivity contribution in [3.63, 3.8) is 0 Å². The molecule has 3 nitrogen and oxygen atoms in total. The van der Waals surface area contributed by atoms with Gasteiger partial charge in [0.05, 0.1) is 0 Å². The van der Waals surface area contributed by atoms with Gasteiger partial charge >= 0.3 is 5.63 Å². The number of thioether (sulfide) groups is 1. The molecule has 0 unspecified atom stereocenters. The van der Waals surface area contributed by atoms with E-state index in [0.29, 0.717) is 11.5 Å². The number of aromatic hydroxyl groups is 1. The Morgan fingerprint density at radius 2 is 1.90 bits per heavy atom. The summed E-state index contributed by atoms with van der Waals surface area (Å²) in [5, 5.41) is 12.2. The maximum atomic E-state index is 11.8. The van der Waals surface area contributed by atoms with Crippen molar-refractivity contribution < 1.29 is 9.52 Å². The van der Waals surface area contributed by atoms with Gasteiger partial charge in [-0.2, -0.15) is 0 Å². The minimum atomic E-state index is -0.488. The predicted molar refractivity (Wildman–Crippen MR) is 84.9 cm³/mol. The highest BCUT2D eigenvalue weighted by Crippen LogP contribution is 2.30. The smallest absolute Gasteiger partial charge is 0.353 e. The summed E-state index contributed by atoms with van der Waals surface area (Å²) in [4.78, 5) is 12.1. The summed E-state index contributed by atoms with van der Waals surface area (Å²) in [6.07, 6.45) is 0. The van der Waals surface area contributed by atoms with E-state index >= 15 is 0 Å². The van der Waals surface area contributed by atoms with Gasteiger partial charge in [0.2, 0.25) is 0 Å². The van der Waals surface area contributed by atoms with E-state index in [-0.39, 0.29) is 10.6 Å². The number of hydrogen-bond acceptors (Lipinski definition) is 4. The molecule has 0 fully saturated rings. The van der Waals surface area contributed by atoms with E-state index in [1.54, 1.807) is 6.92 Å². The third-order valence-electron chi connectivity index (χ3n) is 3.26. The number of fused-ring (bicyclic) bond motifs is 1. The zero-order valence-corrected chi connectivity index (χ0v) is 12.3. The lowest BCUT2D eigenvalue weighted by molar-refractivity contribution is 0.412. The average Bonchev–Trinajstić information content (AvgIpc) is 2.46. The van der Waals surface area contributed by atoms with Gasteiger partial charge in [0.25, 0.3) is 0 Å². The second-order valence-corrected chi connectivity index (χ2v) is 5.77. The largest absolute Gasteiger partial charge is 0.506 e. The molecule has 1 aromatic heterocycles. The van der Waals surface area contributed by atoms with Crippen LogP contribution in [0.25, 0.3) is 10.8 Å². The second-order valence-electron chi connectivity index (χ2n) is 4.79. The Kier molecular flexibility index (Phi) is 3.71. The highest BCUT2D eigenvalue weighted by atomic mass is 32.2. The van der Waals surface area contributed by atoms with Gasteiger partial charge in [-0.1, -0.05) is 42.5 Å². The van der Waals surface area contributed by atoms with Gasteiger partial charge in [0.1, 0.15) is 16.4 Å². The first kappa shape index (κ1) is 13.8. The Balaban J connectivity index is 1.93. The summed E-state index contributed by atoms with van der Waals surface area (Å²) in [5.41, 5.74) is 0.634. The van der Waals surface area contributed by atoms with Crippen LogP contribution in [0, 0.1) is 6.92 Å². The van der Waals surface area contributed by atoms with Gasteiger partial charge in [-0.25, -0.2) is 4.79 Å². The maximum Gasteiger partial charge on any atom is 0.353 e. The molecule has 0 aliphatic rings. The molecule has 0 aliphatic heterocycles. The Labute approximate surface area is 126 Å². The monoisotopic (exact) mass is 298 g/mol. The Morgan fingerprint density at radius 3 is 2.71 bits per heavy atom. The lowest BCUT2D eigenvalue weighted by atomic mass is 10.1. The van der Waals surface area contributed by atoms with Crippen molar-refractivity contribution in [1.82, 2.24) is 0 Å². The summed E-state index contributed by atoms with van der Waals surface area (Å²) >= 11 is 1.29. The quantitative estimate of drug-likeness (QED) is 0.740. The molecule has 0 spiro atoms. The molecule has 106 valence electrons. The molecule has 0 saturated heterocycles. The van der Waals surface area contributed by atoms with Gasteiger partial charge in [-0.05, 0) is 23.3 Å². The summed E-state index contributed by atoms with van der Waals surface area (Å²) in [6.45, 7) is 1.64. The van der Waals surface area contributed by atoms with Crippen molar-refractivity contribution in [2.24, 2.45) is 0 Å². The van der Waals surface area contributed by atoms with Crippen LogP contribution in [0.15, 0.2) is 62.6 Å². The minimum Gasteiger partial charge on any atom is -0.506 e. The van der Waals surface area contributed by atoms with Crippen LogP contribution in [0.1, 0.15) is 11.3 Å². The van der Waals surface area contributed by atoms with Crippen molar-refractivity contribution >= 4 is 22.5 Å². The highest BCUT2D eigenvalue weighted by Gasteiger charge is 2.11. The fraction of sp³-hybridized carbons (Fsp3) is 0.118. The Bertz CT molecular complexity index is 847. The topological polar surface area (TPSA) is 50.4 Å². The molecule has 0 radical (unpaired) electrons. The summed E-state index contributed by atoms with van der Waals surface area (Å²) in [7, 11) is 0. The lowest BCUT2D eigenvalue weighted by Gasteiger charge is -2.07. The molecule has 2 aromatic carbocycles. The Morgan fingerprint density at radius 1 is 1.14 bits per heavy atom. The molecule has 3 rings (SSSR count). The van der Waals surface area contributed by atoms with Crippen LogP contribution < -0.4 is 5.63 Å². The third-order valence-corrected chi connectivity index (χ3v) is 4.38. The van der Waals surface area contributed by atoms with E-state index in [1.807, 2.05) is 24.3 Å². The van der Waals surface area contributed by atoms with E-state index in [0.717, 1.165) is 16.3 Å². The van der Waals surface area contributed by atoms with Gasteiger partial charge in [0, 0.05) is 11.8 Å². The van der Waals surface area contributed by atoms with E-state index in [4.69, 9.17) is 4.42 Å². The highest BCUT2D eigenvalue weighted by molar-refractivity contribution is 7.98. The van der Waals surface area contributed by atoms with Crippen LogP contribution in [0.4, 0.5) is 0 Å². The fourth-order valence-electron chi connectivity index (χ4n) is 2.29. The molecule has 4 heteroatoms. The third kappa shape index (κ3) is 2.81. The number of aryl methyl sites for hydroxylation is 1. The standard InChI is InChI=1S/C17H14O3S/c1-11-9-15(18)16(17(19)20-11)21-10-13-7-4-6-12-5-2-3-8-14(12)13/h2-9,18H,10H2,1H3. The van der Waals surface area contributed by atoms with Crippen LogP contribution in [-0.2, 0) is 5.75 Å². The van der Waals surface area contributed by atoms with Crippen LogP contribution in [-0.4, -0.2) is 5.11 Å². The van der Waals surface area contributed by atoms with E-state index in [2.05, 4.69) is 18.2 Å². The van der Waals surface area contributed by atoms with Crippen molar-refractivity contribution in [2.45, 2.75) is 17.6 Å². The fourth-order valence-corrected chi connectivity index (χ4v) is 3.20. The molecular formula is C17H14O3S. The second kappa shape index (κ2) is 5.66. The van der Waals surface area contributed by atoms with Crippen molar-refractivity contribution in [3.8, 4) is 5.75 Å². The predicted octanol–water partition coefficient (Wildman–Crippen LogP) is 4.10. The van der Waals surface area contributed by atoms with Gasteiger partial charge in [-0.15, -0.1) is 11.8 Å². The Hall–Kier alpha value is -2.20. The van der Waals surface area contributed by atoms with Crippen LogP contribution in [0.5, 0.6) is 5.75 Å². The molecule has 1 heterocycles. The number of hydrogen-bond donors (Lipinski definition) is 1. The first-order valence-electron chi connectivity index (χ1n) is 6.58. The molecule has 3 aromatic rings. The van der Waals surface area contributed by atoms with E-state index in [9.17, 15) is 9.90 Å². The first-order chi connectivity index (χ1) is 10.1. The van der Waals surface area contributed by atoms with Gasteiger partial charge in [-0.3, -0.25) is 0 Å². The lowest BCUT2D eigenvalue weighted by Crippen LogP contribution is -2.03. The first-order valence-corrected chi connectivity index (χ1v) is 7.57. The SMILES string of the molecule is Cc1cc(O)c(SCc2cccc3ccccc23)c(=O)o1. The molecular weight excluding hydrogens is 284 g/mol. The molecule has 0 bridgehead atoms. The van der Waals surface area contributed by atoms with Crippen molar-refractivity contribution in [1.29, 1.82) is 0 Å². The van der Waals surface area contributed by atoms with Crippen LogP contribution in [0.3, 0.4) is 0 Å². The maximum absolute atomic E-state index is 11.8. The number of benzene rings is 2. The average molecular weight is 298 g/mol. The number of rotatable bonds is 3. The zero-order valence-electron chi connectivity index (χ0n) is 11.5. The van der Waals surface area contributed by atoms with Gasteiger partial charge < -0.3 is 9.52 Å². The van der Waals surface area contributed by atoms with Crippen LogP contribution in [0.2, 0.25) is 0 Å². The van der Waals surface area contributed by atoms with E-state index < -0.39 is 5.63 Å². The minimum absolute atomic E-state index is 0.0195. The molecule has 0 atom stereocenters. The molecule has 21 heavy (non-hydrogen) atoms. The molecule has 1 N–H and O–H groups in total. The van der Waals surface area contributed by atoms with E-state index in [1.165, 1.54) is 17.8 Å². The van der Waals surface area contributed by atoms with Crippen molar-refractivity contribution in [3.05, 3.63) is 70.3 Å². The summed E-state index contributed by atoms with van der Waals surface area (Å²) in [6, 6.07) is 15.7. The van der Waals surface area contributed by atoms with Crippen LogP contribution >= 0.6 is 11.8 Å². The normalized spacial score (nSPS) is 10.9. The molecule has 0 aliphatic carbocycles. The zero-order chi connectivity index (χ0) is 14.8.